The number of nitrogens with one attached hydrogen (secondary N) is 1. The van der Waals surface area contributed by atoms with Gasteiger partial charge in [0, 0.05) is 27.4 Å². The number of aromatic carboxylic acids is 1. The summed E-state index contributed by atoms with van der Waals surface area (Å²) >= 11 is 2.97. The maximum Gasteiger partial charge on any atom is 0.335 e. The summed E-state index contributed by atoms with van der Waals surface area (Å²) in [5, 5.41) is 15.0. The number of hydrogen-bond acceptors (Lipinski definition) is 7. The van der Waals surface area contributed by atoms with Crippen LogP contribution in [0.1, 0.15) is 16.1 Å². The molecule has 6 nitrogen and oxygen atoms in total. The lowest BCUT2D eigenvalue weighted by Gasteiger charge is -2.12. The molecule has 2 aromatic carbocycles. The van der Waals surface area contributed by atoms with Crippen LogP contribution in [0, 0.1) is 6.92 Å². The molecule has 2 aromatic heterocycles. The molecule has 2 N–H and O–H groups in total. The van der Waals surface area contributed by atoms with Crippen LogP contribution in [0.3, 0.4) is 0 Å². The second-order valence-electron chi connectivity index (χ2n) is 6.28. The first-order valence-electron chi connectivity index (χ1n) is 9.00. The number of pyridine rings is 1. The van der Waals surface area contributed by atoms with Gasteiger partial charge in [-0.15, -0.1) is 11.3 Å². The molecular weight excluding hydrogens is 418 g/mol. The SMILES string of the molecule is Cc1csc(Nc2ncc(Sc3ccc(C(=O)O)cc3)cc2Oc2ccccc2)n1. The van der Waals surface area contributed by atoms with E-state index in [1.54, 1.807) is 30.5 Å². The summed E-state index contributed by atoms with van der Waals surface area (Å²) in [5.41, 5.74) is 1.19. The number of hydrogen-bond donors (Lipinski definition) is 2. The molecule has 30 heavy (non-hydrogen) atoms. The Kier molecular flexibility index (Phi) is 5.97. The van der Waals surface area contributed by atoms with Crippen LogP contribution in [-0.2, 0) is 0 Å². The van der Waals surface area contributed by atoms with E-state index in [9.17, 15) is 4.79 Å². The van der Waals surface area contributed by atoms with E-state index in [1.165, 1.54) is 23.1 Å². The smallest absolute Gasteiger partial charge is 0.335 e. The van der Waals surface area contributed by atoms with Gasteiger partial charge in [-0.05, 0) is 43.3 Å². The lowest BCUT2D eigenvalue weighted by atomic mass is 10.2. The zero-order valence-electron chi connectivity index (χ0n) is 15.9. The lowest BCUT2D eigenvalue weighted by molar-refractivity contribution is 0.0697. The van der Waals surface area contributed by atoms with Gasteiger partial charge in [-0.3, -0.25) is 0 Å². The monoisotopic (exact) mass is 435 g/mol. The fraction of sp³-hybridized carbons (Fsp3) is 0.0455. The van der Waals surface area contributed by atoms with Crippen molar-refractivity contribution in [3.05, 3.63) is 83.5 Å². The molecule has 150 valence electrons. The van der Waals surface area contributed by atoms with Crippen molar-refractivity contribution >= 4 is 40.0 Å². The highest BCUT2D eigenvalue weighted by atomic mass is 32.2. The van der Waals surface area contributed by atoms with Gasteiger partial charge in [-0.2, -0.15) is 0 Å². The van der Waals surface area contributed by atoms with Gasteiger partial charge in [-0.25, -0.2) is 14.8 Å². The van der Waals surface area contributed by atoms with Gasteiger partial charge >= 0.3 is 5.97 Å². The third kappa shape index (κ3) is 4.97. The molecule has 0 bridgehead atoms. The zero-order valence-corrected chi connectivity index (χ0v) is 17.5. The molecule has 0 aliphatic carbocycles. The first-order chi connectivity index (χ1) is 14.6. The van der Waals surface area contributed by atoms with Crippen LogP contribution in [-0.4, -0.2) is 21.0 Å². The molecule has 0 amide bonds. The van der Waals surface area contributed by atoms with E-state index in [2.05, 4.69) is 15.3 Å². The summed E-state index contributed by atoms with van der Waals surface area (Å²) in [6, 6.07) is 18.1. The number of para-hydroxylation sites is 1. The molecule has 0 spiro atoms. The Morgan fingerprint density at radius 1 is 1.10 bits per heavy atom. The summed E-state index contributed by atoms with van der Waals surface area (Å²) in [6.07, 6.45) is 1.75. The number of carboxylic acid groups (broad SMARTS) is 1. The van der Waals surface area contributed by atoms with Crippen molar-refractivity contribution in [2.45, 2.75) is 16.7 Å². The first kappa shape index (κ1) is 19.9. The minimum atomic E-state index is -0.945. The van der Waals surface area contributed by atoms with Gasteiger partial charge in [0.1, 0.15) is 5.75 Å². The average Bonchev–Trinajstić information content (AvgIpc) is 3.16. The minimum absolute atomic E-state index is 0.254. The molecule has 4 rings (SSSR count). The molecular formula is C22H17N3O3S2. The van der Waals surface area contributed by atoms with Crippen LogP contribution in [0.25, 0.3) is 0 Å². The summed E-state index contributed by atoms with van der Waals surface area (Å²) in [5.74, 6) is 0.894. The van der Waals surface area contributed by atoms with E-state index in [-0.39, 0.29) is 5.56 Å². The van der Waals surface area contributed by atoms with Gasteiger partial charge in [-0.1, -0.05) is 30.0 Å². The maximum absolute atomic E-state index is 11.0. The van der Waals surface area contributed by atoms with Gasteiger partial charge in [0.2, 0.25) is 0 Å². The predicted molar refractivity (Wildman–Crippen MR) is 118 cm³/mol. The Bertz CT molecular complexity index is 1160. The highest BCUT2D eigenvalue weighted by Gasteiger charge is 2.12. The molecule has 0 saturated carbocycles. The molecule has 0 unspecified atom stereocenters. The highest BCUT2D eigenvalue weighted by molar-refractivity contribution is 7.99. The largest absolute Gasteiger partial charge is 0.478 e. The van der Waals surface area contributed by atoms with E-state index < -0.39 is 5.97 Å². The molecule has 0 saturated heterocycles. The molecule has 0 radical (unpaired) electrons. The Morgan fingerprint density at radius 3 is 2.53 bits per heavy atom. The molecule has 4 aromatic rings. The van der Waals surface area contributed by atoms with Gasteiger partial charge in [0.15, 0.2) is 16.7 Å². The van der Waals surface area contributed by atoms with Crippen molar-refractivity contribution in [3.8, 4) is 11.5 Å². The second kappa shape index (κ2) is 8.98. The number of carboxylic acids is 1. The Balaban J connectivity index is 1.61. The second-order valence-corrected chi connectivity index (χ2v) is 8.29. The van der Waals surface area contributed by atoms with E-state index in [0.717, 1.165) is 20.6 Å². The number of nitrogens with zero attached hydrogens (tertiary/aromatic N) is 2. The number of ether oxygens (including phenoxy) is 1. The fourth-order valence-corrected chi connectivity index (χ4v) is 4.09. The Labute approximate surface area is 181 Å². The Hall–Kier alpha value is -3.36. The lowest BCUT2D eigenvalue weighted by Crippen LogP contribution is -1.98. The van der Waals surface area contributed by atoms with Crippen LogP contribution in [0.2, 0.25) is 0 Å². The van der Waals surface area contributed by atoms with Gasteiger partial charge < -0.3 is 15.2 Å². The first-order valence-corrected chi connectivity index (χ1v) is 10.7. The number of aromatic nitrogens is 2. The van der Waals surface area contributed by atoms with Crippen molar-refractivity contribution in [2.75, 3.05) is 5.32 Å². The zero-order chi connectivity index (χ0) is 20.9. The molecule has 0 aliphatic heterocycles. The van der Waals surface area contributed by atoms with E-state index in [0.29, 0.717) is 17.3 Å². The van der Waals surface area contributed by atoms with Crippen LogP contribution in [0.15, 0.2) is 82.0 Å². The van der Waals surface area contributed by atoms with Gasteiger partial charge in [0.25, 0.3) is 0 Å². The van der Waals surface area contributed by atoms with Crippen LogP contribution >= 0.6 is 23.1 Å². The molecule has 2 heterocycles. The van der Waals surface area contributed by atoms with Crippen molar-refractivity contribution in [2.24, 2.45) is 0 Å². The summed E-state index contributed by atoms with van der Waals surface area (Å²) in [6.45, 7) is 1.94. The van der Waals surface area contributed by atoms with E-state index >= 15 is 0 Å². The van der Waals surface area contributed by atoms with Crippen molar-refractivity contribution < 1.29 is 14.6 Å². The standard InChI is InChI=1S/C22H17N3O3S2/c1-14-13-29-22(24-14)25-20-19(28-16-5-3-2-4-6-16)11-18(12-23-20)30-17-9-7-15(8-10-17)21(26)27/h2-13H,1H3,(H,26,27)(H,23,24,25). The average molecular weight is 436 g/mol. The molecule has 0 aliphatic rings. The quantitative estimate of drug-likeness (QED) is 0.356. The third-order valence-corrected chi connectivity index (χ3v) is 5.82. The third-order valence-electron chi connectivity index (χ3n) is 3.98. The number of rotatable bonds is 7. The fourth-order valence-electron chi connectivity index (χ4n) is 2.58. The number of carbonyl (C=O) groups is 1. The normalized spacial score (nSPS) is 10.6. The van der Waals surface area contributed by atoms with Crippen molar-refractivity contribution in [3.63, 3.8) is 0 Å². The van der Waals surface area contributed by atoms with Crippen LogP contribution in [0.4, 0.5) is 10.9 Å². The minimum Gasteiger partial charge on any atom is -0.478 e. The molecule has 8 heteroatoms. The molecule has 0 fully saturated rings. The van der Waals surface area contributed by atoms with Crippen molar-refractivity contribution in [1.29, 1.82) is 0 Å². The van der Waals surface area contributed by atoms with E-state index in [1.807, 2.05) is 48.7 Å². The number of thiazole rings is 1. The maximum atomic E-state index is 11.0. The summed E-state index contributed by atoms with van der Waals surface area (Å²) < 4.78 is 6.08. The number of aryl methyl sites for hydroxylation is 1. The summed E-state index contributed by atoms with van der Waals surface area (Å²) in [7, 11) is 0. The summed E-state index contributed by atoms with van der Waals surface area (Å²) in [4.78, 5) is 21.8. The Morgan fingerprint density at radius 2 is 1.87 bits per heavy atom. The van der Waals surface area contributed by atoms with E-state index in [4.69, 9.17) is 9.84 Å². The molecule has 0 atom stereocenters. The van der Waals surface area contributed by atoms with Gasteiger partial charge in [0.05, 0.1) is 11.3 Å². The highest BCUT2D eigenvalue weighted by Crippen LogP contribution is 2.36. The number of anilines is 2. The van der Waals surface area contributed by atoms with Crippen LogP contribution < -0.4 is 10.1 Å². The topological polar surface area (TPSA) is 84.3 Å². The van der Waals surface area contributed by atoms with Crippen molar-refractivity contribution in [1.82, 2.24) is 9.97 Å². The van der Waals surface area contributed by atoms with Crippen LogP contribution in [0.5, 0.6) is 11.5 Å². The predicted octanol–water partition coefficient (Wildman–Crippen LogP) is 6.23. The number of benzene rings is 2.